The largest absolute Gasteiger partial charge is 0.399 e. The van der Waals surface area contributed by atoms with Gasteiger partial charge in [0.1, 0.15) is 0 Å². The Balaban J connectivity index is 2.05. The van der Waals surface area contributed by atoms with Gasteiger partial charge >= 0.3 is 0 Å². The lowest BCUT2D eigenvalue weighted by molar-refractivity contribution is -0.239. The summed E-state index contributed by atoms with van der Waals surface area (Å²) in [4.78, 5) is 18.4. The number of fused-ring (bicyclic) bond motifs is 1. The van der Waals surface area contributed by atoms with Crippen LogP contribution in [0, 0.1) is 6.92 Å². The first kappa shape index (κ1) is 15.5. The van der Waals surface area contributed by atoms with Crippen LogP contribution >= 0.6 is 0 Å². The molecule has 1 aliphatic heterocycles. The Morgan fingerprint density at radius 3 is 2.83 bits per heavy atom. The van der Waals surface area contributed by atoms with Gasteiger partial charge < -0.3 is 10.6 Å². The summed E-state index contributed by atoms with van der Waals surface area (Å²) in [7, 11) is 0. The lowest BCUT2D eigenvalue weighted by Crippen LogP contribution is -2.34. The molecule has 0 fully saturated rings. The second-order valence-electron chi connectivity index (χ2n) is 5.80. The number of hydrogen-bond donors (Lipinski definition) is 2. The summed E-state index contributed by atoms with van der Waals surface area (Å²) in [6, 6.07) is 11.7. The van der Waals surface area contributed by atoms with Crippen molar-refractivity contribution < 1.29 is 14.9 Å². The van der Waals surface area contributed by atoms with E-state index in [0.29, 0.717) is 25.2 Å². The number of carbonyl (C=O) groups is 1. The maximum absolute atomic E-state index is 12.1. The van der Waals surface area contributed by atoms with Crippen molar-refractivity contribution in [3.8, 4) is 11.1 Å². The highest BCUT2D eigenvalue weighted by atomic mass is 17.1. The molecule has 3 N–H and O–H groups in total. The molecule has 2 aromatic rings. The molecule has 120 valence electrons. The maximum Gasteiger partial charge on any atom is 0.166 e. The second kappa shape index (κ2) is 6.40. The number of anilines is 2. The Kier molecular flexibility index (Phi) is 4.32. The van der Waals surface area contributed by atoms with E-state index < -0.39 is 0 Å². The predicted octanol–water partition coefficient (Wildman–Crippen LogP) is 3.13. The molecule has 0 radical (unpaired) electrons. The molecule has 0 amide bonds. The minimum atomic E-state index is 0.150. The van der Waals surface area contributed by atoms with Crippen molar-refractivity contribution in [1.82, 2.24) is 0 Å². The average molecular weight is 312 g/mol. The highest BCUT2D eigenvalue weighted by molar-refractivity contribution is 6.04. The zero-order valence-corrected chi connectivity index (χ0v) is 13.1. The van der Waals surface area contributed by atoms with Crippen molar-refractivity contribution in [2.24, 2.45) is 0 Å². The van der Waals surface area contributed by atoms with Crippen LogP contribution in [-0.2, 0) is 4.89 Å². The van der Waals surface area contributed by atoms with Crippen LogP contribution < -0.4 is 10.6 Å². The number of ketones is 1. The summed E-state index contributed by atoms with van der Waals surface area (Å²) in [5.41, 5.74) is 11.4. The topological polar surface area (TPSA) is 75.8 Å². The SMILES string of the molecule is Cc1ccc(N)cc1-c1ccc2c(c1)N(CCOO)CCC2=O. The third-order valence-corrected chi connectivity index (χ3v) is 4.27. The van der Waals surface area contributed by atoms with Gasteiger partial charge in [-0.05, 0) is 47.9 Å². The zero-order valence-electron chi connectivity index (χ0n) is 13.1. The molecular formula is C18H20N2O3. The van der Waals surface area contributed by atoms with Gasteiger partial charge in [0.2, 0.25) is 0 Å². The standard InChI is InChI=1S/C18H20N2O3/c1-12-2-4-14(19)11-16(12)13-3-5-15-17(10-13)20(8-9-23-22)7-6-18(15)21/h2-5,10-11,22H,6-9,19H2,1H3. The normalized spacial score (nSPS) is 14.0. The molecule has 0 spiro atoms. The van der Waals surface area contributed by atoms with E-state index in [0.717, 1.165) is 27.9 Å². The zero-order chi connectivity index (χ0) is 16.4. The van der Waals surface area contributed by atoms with Gasteiger partial charge in [-0.2, -0.15) is 0 Å². The second-order valence-corrected chi connectivity index (χ2v) is 5.80. The fourth-order valence-electron chi connectivity index (χ4n) is 3.02. The predicted molar refractivity (Wildman–Crippen MR) is 90.8 cm³/mol. The van der Waals surface area contributed by atoms with Crippen molar-refractivity contribution in [1.29, 1.82) is 0 Å². The number of nitrogens with zero attached hydrogens (tertiary/aromatic N) is 1. The molecule has 23 heavy (non-hydrogen) atoms. The molecule has 1 aliphatic rings. The monoisotopic (exact) mass is 312 g/mol. The van der Waals surface area contributed by atoms with E-state index in [1.165, 1.54) is 0 Å². The summed E-state index contributed by atoms with van der Waals surface area (Å²) >= 11 is 0. The first-order valence-corrected chi connectivity index (χ1v) is 7.65. The van der Waals surface area contributed by atoms with Crippen LogP contribution in [0.1, 0.15) is 22.3 Å². The summed E-state index contributed by atoms with van der Waals surface area (Å²) in [6.45, 7) is 3.41. The van der Waals surface area contributed by atoms with Gasteiger partial charge in [-0.15, -0.1) is 0 Å². The highest BCUT2D eigenvalue weighted by Gasteiger charge is 2.23. The van der Waals surface area contributed by atoms with Gasteiger partial charge in [-0.25, -0.2) is 4.89 Å². The number of hydrogen-bond acceptors (Lipinski definition) is 5. The van der Waals surface area contributed by atoms with Crippen LogP contribution in [0.2, 0.25) is 0 Å². The molecule has 5 nitrogen and oxygen atoms in total. The molecule has 0 saturated carbocycles. The number of benzene rings is 2. The van der Waals surface area contributed by atoms with Crippen molar-refractivity contribution in [3.05, 3.63) is 47.5 Å². The molecular weight excluding hydrogens is 292 g/mol. The van der Waals surface area contributed by atoms with E-state index in [1.54, 1.807) is 0 Å². The van der Waals surface area contributed by atoms with Crippen LogP contribution in [0.3, 0.4) is 0 Å². The van der Waals surface area contributed by atoms with E-state index >= 15 is 0 Å². The summed E-state index contributed by atoms with van der Waals surface area (Å²) in [6.07, 6.45) is 0.481. The van der Waals surface area contributed by atoms with Gasteiger partial charge in [-0.3, -0.25) is 10.1 Å². The lowest BCUT2D eigenvalue weighted by Gasteiger charge is -2.30. The third kappa shape index (κ3) is 3.06. The van der Waals surface area contributed by atoms with Gasteiger partial charge in [0.25, 0.3) is 0 Å². The van der Waals surface area contributed by atoms with E-state index in [9.17, 15) is 4.79 Å². The van der Waals surface area contributed by atoms with Crippen LogP contribution in [-0.4, -0.2) is 30.7 Å². The first-order chi connectivity index (χ1) is 11.1. The minimum absolute atomic E-state index is 0.150. The Bertz CT molecular complexity index is 743. The Labute approximate surface area is 135 Å². The minimum Gasteiger partial charge on any atom is -0.399 e. The van der Waals surface area contributed by atoms with E-state index in [2.05, 4.69) is 9.79 Å². The van der Waals surface area contributed by atoms with Crippen molar-refractivity contribution >= 4 is 17.2 Å². The number of carbonyl (C=O) groups excluding carboxylic acids is 1. The summed E-state index contributed by atoms with van der Waals surface area (Å²) in [5, 5.41) is 8.59. The number of nitrogens with two attached hydrogens (primary N) is 1. The van der Waals surface area contributed by atoms with E-state index in [4.69, 9.17) is 11.0 Å². The fraction of sp³-hybridized carbons (Fsp3) is 0.278. The Hall–Kier alpha value is -2.37. The van der Waals surface area contributed by atoms with Crippen molar-refractivity contribution in [3.63, 3.8) is 0 Å². The smallest absolute Gasteiger partial charge is 0.166 e. The number of aryl methyl sites for hydroxylation is 1. The summed E-state index contributed by atoms with van der Waals surface area (Å²) < 4.78 is 0. The molecule has 0 atom stereocenters. The van der Waals surface area contributed by atoms with Gasteiger partial charge in [-0.1, -0.05) is 12.1 Å². The summed E-state index contributed by atoms with van der Waals surface area (Å²) in [5.74, 6) is 0.150. The lowest BCUT2D eigenvalue weighted by atomic mass is 9.94. The van der Waals surface area contributed by atoms with Gasteiger partial charge in [0.15, 0.2) is 5.78 Å². The molecule has 0 unspecified atom stereocenters. The van der Waals surface area contributed by atoms with E-state index in [-0.39, 0.29) is 12.4 Å². The van der Waals surface area contributed by atoms with Crippen LogP contribution in [0.4, 0.5) is 11.4 Å². The highest BCUT2D eigenvalue weighted by Crippen LogP contribution is 2.33. The third-order valence-electron chi connectivity index (χ3n) is 4.27. The maximum atomic E-state index is 12.1. The first-order valence-electron chi connectivity index (χ1n) is 7.65. The van der Waals surface area contributed by atoms with Gasteiger partial charge in [0.05, 0.1) is 6.61 Å². The molecule has 0 aromatic heterocycles. The van der Waals surface area contributed by atoms with Crippen molar-refractivity contribution in [2.75, 3.05) is 30.3 Å². The number of rotatable bonds is 4. The van der Waals surface area contributed by atoms with Crippen LogP contribution in [0.25, 0.3) is 11.1 Å². The van der Waals surface area contributed by atoms with Gasteiger partial charge in [0, 0.05) is 36.4 Å². The quantitative estimate of drug-likeness (QED) is 0.515. The average Bonchev–Trinajstić information content (AvgIpc) is 2.56. The molecule has 0 bridgehead atoms. The molecule has 0 aliphatic carbocycles. The van der Waals surface area contributed by atoms with Crippen LogP contribution in [0.15, 0.2) is 36.4 Å². The van der Waals surface area contributed by atoms with Crippen LogP contribution in [0.5, 0.6) is 0 Å². The molecule has 5 heteroatoms. The molecule has 2 aromatic carbocycles. The van der Waals surface area contributed by atoms with E-state index in [1.807, 2.05) is 43.3 Å². The Morgan fingerprint density at radius 1 is 1.22 bits per heavy atom. The Morgan fingerprint density at radius 2 is 2.04 bits per heavy atom. The molecule has 1 heterocycles. The number of Topliss-reactive ketones (excluding diaryl/α,β-unsaturated/α-hetero) is 1. The van der Waals surface area contributed by atoms with Crippen molar-refractivity contribution in [2.45, 2.75) is 13.3 Å². The molecule has 3 rings (SSSR count). The number of nitrogen functional groups attached to an aromatic ring is 1. The fourth-order valence-corrected chi connectivity index (χ4v) is 3.02. The molecule has 0 saturated heterocycles.